The SMILES string of the molecule is [CH2]/C(C)=C/CC/C(C)=C/CC/C(C)=C/C. The Labute approximate surface area is 95.8 Å². The fourth-order valence-corrected chi connectivity index (χ4v) is 1.34. The van der Waals surface area contributed by atoms with Crippen molar-refractivity contribution in [2.45, 2.75) is 53.4 Å². The van der Waals surface area contributed by atoms with Crippen molar-refractivity contribution < 1.29 is 0 Å². The van der Waals surface area contributed by atoms with Gasteiger partial charge in [0, 0.05) is 0 Å². The minimum atomic E-state index is 1.13. The molecule has 0 rings (SSSR count). The second-order valence-corrected chi connectivity index (χ2v) is 4.31. The van der Waals surface area contributed by atoms with Crippen LogP contribution in [0.5, 0.6) is 0 Å². The predicted octanol–water partition coefficient (Wildman–Crippen LogP) is 5.24. The Hall–Kier alpha value is -0.780. The smallest absolute Gasteiger partial charge is 0.0286 e. The third-order valence-electron chi connectivity index (χ3n) is 2.56. The molecule has 0 spiro atoms. The van der Waals surface area contributed by atoms with Crippen LogP contribution >= 0.6 is 0 Å². The minimum absolute atomic E-state index is 1.13. The highest BCUT2D eigenvalue weighted by atomic mass is 14.0. The molecule has 85 valence electrons. The Bertz CT molecular complexity index is 247. The van der Waals surface area contributed by atoms with Crippen LogP contribution in [0.25, 0.3) is 0 Å². The van der Waals surface area contributed by atoms with Crippen LogP contribution in [-0.4, -0.2) is 0 Å². The second kappa shape index (κ2) is 8.52. The van der Waals surface area contributed by atoms with Gasteiger partial charge in [-0.15, -0.1) is 0 Å². The molecule has 15 heavy (non-hydrogen) atoms. The van der Waals surface area contributed by atoms with Crippen molar-refractivity contribution in [3.8, 4) is 0 Å². The molecule has 0 bridgehead atoms. The normalized spacial score (nSPS) is 14.6. The zero-order valence-corrected chi connectivity index (χ0v) is 10.8. The Morgan fingerprint density at radius 3 is 2.00 bits per heavy atom. The van der Waals surface area contributed by atoms with Crippen molar-refractivity contribution in [1.29, 1.82) is 0 Å². The van der Waals surface area contributed by atoms with Crippen molar-refractivity contribution >= 4 is 0 Å². The van der Waals surface area contributed by atoms with Crippen LogP contribution < -0.4 is 0 Å². The summed E-state index contributed by atoms with van der Waals surface area (Å²) in [4.78, 5) is 0. The summed E-state index contributed by atoms with van der Waals surface area (Å²) in [5, 5.41) is 0. The summed E-state index contributed by atoms with van der Waals surface area (Å²) < 4.78 is 0. The summed E-state index contributed by atoms with van der Waals surface area (Å²) in [6, 6.07) is 0. The van der Waals surface area contributed by atoms with Crippen LogP contribution in [0.4, 0.5) is 0 Å². The molecule has 0 atom stereocenters. The van der Waals surface area contributed by atoms with Gasteiger partial charge in [-0.05, 0) is 60.3 Å². The van der Waals surface area contributed by atoms with Crippen LogP contribution in [-0.2, 0) is 0 Å². The molecule has 0 heteroatoms. The van der Waals surface area contributed by atoms with Gasteiger partial charge in [0.1, 0.15) is 0 Å². The molecule has 0 aliphatic heterocycles. The lowest BCUT2D eigenvalue weighted by Gasteiger charge is -2.00. The first-order valence-corrected chi connectivity index (χ1v) is 5.82. The van der Waals surface area contributed by atoms with E-state index in [1.54, 1.807) is 0 Å². The number of hydrogen-bond donors (Lipinski definition) is 0. The molecule has 0 N–H and O–H groups in total. The van der Waals surface area contributed by atoms with Crippen molar-refractivity contribution in [3.63, 3.8) is 0 Å². The van der Waals surface area contributed by atoms with Gasteiger partial charge in [-0.1, -0.05) is 34.9 Å². The average molecular weight is 205 g/mol. The van der Waals surface area contributed by atoms with Crippen LogP contribution in [0.2, 0.25) is 0 Å². The quantitative estimate of drug-likeness (QED) is 0.520. The molecular formula is C15H25. The van der Waals surface area contributed by atoms with E-state index in [1.807, 2.05) is 0 Å². The largest absolute Gasteiger partial charge is 0.0887 e. The maximum atomic E-state index is 3.87. The molecule has 0 fully saturated rings. The minimum Gasteiger partial charge on any atom is -0.0887 e. The van der Waals surface area contributed by atoms with E-state index in [9.17, 15) is 0 Å². The molecule has 0 saturated carbocycles. The summed E-state index contributed by atoms with van der Waals surface area (Å²) >= 11 is 0. The maximum absolute atomic E-state index is 3.87. The molecule has 0 amide bonds. The van der Waals surface area contributed by atoms with Crippen molar-refractivity contribution in [2.24, 2.45) is 0 Å². The molecule has 0 aromatic rings. The molecule has 0 aromatic heterocycles. The highest BCUT2D eigenvalue weighted by molar-refractivity contribution is 5.06. The van der Waals surface area contributed by atoms with Crippen molar-refractivity contribution in [3.05, 3.63) is 41.9 Å². The fraction of sp³-hybridized carbons (Fsp3) is 0.533. The second-order valence-electron chi connectivity index (χ2n) is 4.31. The van der Waals surface area contributed by atoms with Crippen LogP contribution in [0, 0.1) is 6.92 Å². The van der Waals surface area contributed by atoms with E-state index < -0.39 is 0 Å². The average Bonchev–Trinajstić information content (AvgIpc) is 2.17. The van der Waals surface area contributed by atoms with Gasteiger partial charge in [-0.2, -0.15) is 0 Å². The first-order valence-electron chi connectivity index (χ1n) is 5.82. The summed E-state index contributed by atoms with van der Waals surface area (Å²) in [5.74, 6) is 0. The fourth-order valence-electron chi connectivity index (χ4n) is 1.34. The summed E-state index contributed by atoms with van der Waals surface area (Å²) in [6.07, 6.45) is 11.4. The lowest BCUT2D eigenvalue weighted by molar-refractivity contribution is 0.918. The molecule has 0 saturated heterocycles. The lowest BCUT2D eigenvalue weighted by Crippen LogP contribution is -1.80. The number of hydrogen-bond acceptors (Lipinski definition) is 0. The number of rotatable bonds is 6. The van der Waals surface area contributed by atoms with Crippen molar-refractivity contribution in [2.75, 3.05) is 0 Å². The van der Waals surface area contributed by atoms with Gasteiger partial charge in [0.05, 0.1) is 0 Å². The van der Waals surface area contributed by atoms with E-state index >= 15 is 0 Å². The molecular weight excluding hydrogens is 180 g/mol. The van der Waals surface area contributed by atoms with E-state index in [4.69, 9.17) is 0 Å². The Kier molecular flexibility index (Phi) is 8.08. The zero-order chi connectivity index (χ0) is 11.7. The molecule has 1 radical (unpaired) electrons. The third-order valence-corrected chi connectivity index (χ3v) is 2.56. The standard InChI is InChI=1S/C15H25/c1-6-14(4)10-8-12-15(5)11-7-9-13(2)3/h6,9,12H,2,7-8,10-11H2,1,3-5H3/b13-9-,14-6+,15-12+. The molecule has 0 aliphatic rings. The molecule has 0 heterocycles. The monoisotopic (exact) mass is 205 g/mol. The third kappa shape index (κ3) is 9.52. The Morgan fingerprint density at radius 1 is 0.933 bits per heavy atom. The summed E-state index contributed by atoms with van der Waals surface area (Å²) in [6.45, 7) is 12.4. The van der Waals surface area contributed by atoms with E-state index in [0.717, 1.165) is 6.42 Å². The summed E-state index contributed by atoms with van der Waals surface area (Å²) in [5.41, 5.74) is 4.15. The van der Waals surface area contributed by atoms with E-state index in [2.05, 4.69) is 52.8 Å². The predicted molar refractivity (Wildman–Crippen MR) is 70.8 cm³/mol. The van der Waals surface area contributed by atoms with Crippen LogP contribution in [0.3, 0.4) is 0 Å². The van der Waals surface area contributed by atoms with E-state index in [1.165, 1.54) is 36.0 Å². The highest BCUT2D eigenvalue weighted by Gasteiger charge is 1.90. The zero-order valence-electron chi connectivity index (χ0n) is 10.8. The molecule has 0 unspecified atom stereocenters. The van der Waals surface area contributed by atoms with Crippen LogP contribution in [0.15, 0.2) is 34.9 Å². The topological polar surface area (TPSA) is 0 Å². The van der Waals surface area contributed by atoms with Crippen LogP contribution in [0.1, 0.15) is 53.4 Å². The molecule has 0 aromatic carbocycles. The summed E-state index contributed by atoms with van der Waals surface area (Å²) in [7, 11) is 0. The van der Waals surface area contributed by atoms with Gasteiger partial charge in [0.15, 0.2) is 0 Å². The van der Waals surface area contributed by atoms with Crippen molar-refractivity contribution in [1.82, 2.24) is 0 Å². The van der Waals surface area contributed by atoms with Gasteiger partial charge < -0.3 is 0 Å². The van der Waals surface area contributed by atoms with Gasteiger partial charge >= 0.3 is 0 Å². The van der Waals surface area contributed by atoms with Gasteiger partial charge in [0.2, 0.25) is 0 Å². The van der Waals surface area contributed by atoms with E-state index in [0.29, 0.717) is 0 Å². The molecule has 0 aliphatic carbocycles. The maximum Gasteiger partial charge on any atom is -0.0286 e. The van der Waals surface area contributed by atoms with E-state index in [-0.39, 0.29) is 0 Å². The van der Waals surface area contributed by atoms with Gasteiger partial charge in [0.25, 0.3) is 0 Å². The number of allylic oxidation sites excluding steroid dienone is 6. The first kappa shape index (κ1) is 14.2. The Morgan fingerprint density at radius 2 is 1.47 bits per heavy atom. The Balaban J connectivity index is 3.75. The van der Waals surface area contributed by atoms with Gasteiger partial charge in [-0.25, -0.2) is 0 Å². The molecule has 0 nitrogen and oxygen atoms in total. The lowest BCUT2D eigenvalue weighted by atomic mass is 10.1. The first-order chi connectivity index (χ1) is 7.06. The highest BCUT2D eigenvalue weighted by Crippen LogP contribution is 2.10. The van der Waals surface area contributed by atoms with Gasteiger partial charge in [-0.3, -0.25) is 0 Å².